The van der Waals surface area contributed by atoms with Crippen molar-refractivity contribution in [3.8, 4) is 29.2 Å². The van der Waals surface area contributed by atoms with Crippen LogP contribution in [0.25, 0.3) is 11.1 Å². The SMILES string of the molecule is C#CCCNCc1ccc(-c2ccc(O)c3c2C[C@H]2C[C@H]4[C@H](C(C)C)C(=O)C(C(N)=O)C(=O)[C@@]4(O)C(=O)C2C3=O)cc1. The van der Waals surface area contributed by atoms with Crippen molar-refractivity contribution in [3.63, 3.8) is 0 Å². The van der Waals surface area contributed by atoms with E-state index in [0.717, 1.165) is 16.7 Å². The minimum absolute atomic E-state index is 0.0182. The summed E-state index contributed by atoms with van der Waals surface area (Å²) in [5.74, 6) is -9.07. The number of phenolic OH excluding ortho intramolecular Hbond substituents is 1. The number of nitrogens with two attached hydrogens (primary N) is 1. The van der Waals surface area contributed by atoms with Crippen LogP contribution in [0.1, 0.15) is 48.2 Å². The quantitative estimate of drug-likeness (QED) is 0.223. The number of aromatic hydroxyl groups is 1. The Labute approximate surface area is 243 Å². The first-order chi connectivity index (χ1) is 19.9. The van der Waals surface area contributed by atoms with E-state index in [1.807, 2.05) is 24.3 Å². The first-order valence-electron chi connectivity index (χ1n) is 14.2. The molecule has 42 heavy (non-hydrogen) atoms. The molecule has 3 aliphatic rings. The first-order valence-corrected chi connectivity index (χ1v) is 14.2. The number of aliphatic hydroxyl groups is 1. The Morgan fingerprint density at radius 3 is 2.43 bits per heavy atom. The molecule has 2 fully saturated rings. The van der Waals surface area contributed by atoms with Gasteiger partial charge < -0.3 is 21.3 Å². The van der Waals surface area contributed by atoms with Gasteiger partial charge in [-0.3, -0.25) is 24.0 Å². The third kappa shape index (κ3) is 4.46. The van der Waals surface area contributed by atoms with Crippen LogP contribution in [0.3, 0.4) is 0 Å². The summed E-state index contributed by atoms with van der Waals surface area (Å²) >= 11 is 0. The number of amides is 1. The molecular formula is C33H34N2O7. The topological polar surface area (TPSA) is 164 Å². The van der Waals surface area contributed by atoms with Crippen molar-refractivity contribution in [1.82, 2.24) is 5.32 Å². The summed E-state index contributed by atoms with van der Waals surface area (Å²) in [5, 5.41) is 25.8. The number of hydrogen-bond acceptors (Lipinski definition) is 8. The maximum absolute atomic E-state index is 14.0. The zero-order chi connectivity index (χ0) is 30.5. The number of benzene rings is 2. The summed E-state index contributed by atoms with van der Waals surface area (Å²) in [6, 6.07) is 10.9. The number of rotatable bonds is 7. The molecule has 9 heteroatoms. The van der Waals surface area contributed by atoms with E-state index < -0.39 is 70.1 Å². The van der Waals surface area contributed by atoms with E-state index in [-0.39, 0.29) is 24.2 Å². The van der Waals surface area contributed by atoms with Gasteiger partial charge in [0, 0.05) is 31.3 Å². The summed E-state index contributed by atoms with van der Waals surface area (Å²) in [6.07, 6.45) is 6.18. The van der Waals surface area contributed by atoms with Gasteiger partial charge >= 0.3 is 0 Å². The van der Waals surface area contributed by atoms with Crippen LogP contribution in [-0.2, 0) is 32.1 Å². The minimum Gasteiger partial charge on any atom is -0.507 e. The molecule has 2 aromatic rings. The second kappa shape index (κ2) is 10.9. The third-order valence-corrected chi connectivity index (χ3v) is 9.24. The number of nitrogens with one attached hydrogen (secondary N) is 1. The van der Waals surface area contributed by atoms with Crippen LogP contribution in [-0.4, -0.2) is 51.4 Å². The lowest BCUT2D eigenvalue weighted by Crippen LogP contribution is -2.71. The smallest absolute Gasteiger partial charge is 0.235 e. The van der Waals surface area contributed by atoms with Gasteiger partial charge in [-0.2, -0.15) is 0 Å². The van der Waals surface area contributed by atoms with Crippen LogP contribution in [0.5, 0.6) is 5.75 Å². The van der Waals surface area contributed by atoms with Crippen molar-refractivity contribution >= 4 is 29.0 Å². The molecule has 5 rings (SSSR count). The lowest BCUT2D eigenvalue weighted by atomic mass is 9.49. The Kier molecular flexibility index (Phi) is 7.64. The van der Waals surface area contributed by atoms with Crippen molar-refractivity contribution in [1.29, 1.82) is 0 Å². The van der Waals surface area contributed by atoms with Crippen LogP contribution in [0.2, 0.25) is 0 Å². The molecule has 1 amide bonds. The zero-order valence-electron chi connectivity index (χ0n) is 23.6. The molecule has 218 valence electrons. The van der Waals surface area contributed by atoms with Gasteiger partial charge in [0.15, 0.2) is 34.7 Å². The van der Waals surface area contributed by atoms with Gasteiger partial charge in [-0.1, -0.05) is 44.2 Å². The van der Waals surface area contributed by atoms with E-state index in [9.17, 15) is 34.2 Å². The van der Waals surface area contributed by atoms with E-state index in [4.69, 9.17) is 12.2 Å². The van der Waals surface area contributed by atoms with Gasteiger partial charge in [-0.25, -0.2) is 0 Å². The van der Waals surface area contributed by atoms with Crippen LogP contribution in [0.4, 0.5) is 0 Å². The molecule has 0 aromatic heterocycles. The van der Waals surface area contributed by atoms with Crippen LogP contribution >= 0.6 is 0 Å². The molecule has 0 saturated heterocycles. The fourth-order valence-corrected chi connectivity index (χ4v) is 7.32. The van der Waals surface area contributed by atoms with E-state index >= 15 is 0 Å². The second-order valence-electron chi connectivity index (χ2n) is 12.0. The van der Waals surface area contributed by atoms with Crippen molar-refractivity contribution < 1.29 is 34.2 Å². The fraction of sp³-hybridized carbons (Fsp3) is 0.424. The Hall–Kier alpha value is -4.13. The van der Waals surface area contributed by atoms with Crippen molar-refractivity contribution in [2.75, 3.05) is 6.54 Å². The standard InChI is InChI=1S/C33H34N2O7/c1-4-5-12-35-15-17-6-8-18(9-7-17)20-10-11-23(36)26-21(20)13-19-14-22-24(16(2)3)28(37)27(32(34)41)31(40)33(22,42)30(39)25(19)29(26)38/h1,6-11,16,19,22,24-25,27,35-36,42H,5,12-15H2,2-3H3,(H2,34,41)/t19-,22-,24-,25?,27?,33-/m0/s1. The summed E-state index contributed by atoms with van der Waals surface area (Å²) in [6.45, 7) is 4.77. The van der Waals surface area contributed by atoms with Gasteiger partial charge in [-0.15, -0.1) is 12.3 Å². The number of phenols is 1. The number of carbonyl (C=O) groups excluding carboxylic acids is 5. The number of Topliss-reactive ketones (excluding diaryl/α,β-unsaturated/α-hetero) is 4. The maximum atomic E-state index is 14.0. The number of ketones is 4. The van der Waals surface area contributed by atoms with Crippen LogP contribution in [0, 0.1) is 47.9 Å². The molecule has 2 saturated carbocycles. The molecule has 5 N–H and O–H groups in total. The van der Waals surface area contributed by atoms with Crippen molar-refractivity contribution in [2.24, 2.45) is 41.2 Å². The molecule has 0 heterocycles. The molecule has 0 spiro atoms. The third-order valence-electron chi connectivity index (χ3n) is 9.24. The Morgan fingerprint density at radius 1 is 1.12 bits per heavy atom. The Balaban J connectivity index is 1.54. The van der Waals surface area contributed by atoms with Gasteiger partial charge in [0.25, 0.3) is 0 Å². The maximum Gasteiger partial charge on any atom is 0.235 e. The van der Waals surface area contributed by atoms with Crippen molar-refractivity contribution in [2.45, 2.75) is 45.3 Å². The minimum atomic E-state index is -2.70. The van der Waals surface area contributed by atoms with E-state index in [1.165, 1.54) is 6.07 Å². The highest BCUT2D eigenvalue weighted by molar-refractivity contribution is 6.32. The normalized spacial score (nSPS) is 28.6. The highest BCUT2D eigenvalue weighted by Crippen LogP contribution is 2.53. The molecule has 6 atom stereocenters. The number of primary amides is 1. The highest BCUT2D eigenvalue weighted by atomic mass is 16.3. The predicted molar refractivity (Wildman–Crippen MR) is 153 cm³/mol. The van der Waals surface area contributed by atoms with Crippen molar-refractivity contribution in [3.05, 3.63) is 53.1 Å². The summed E-state index contributed by atoms with van der Waals surface area (Å²) in [7, 11) is 0. The second-order valence-corrected chi connectivity index (χ2v) is 12.0. The highest BCUT2D eigenvalue weighted by Gasteiger charge is 2.69. The molecule has 3 aliphatic carbocycles. The molecule has 2 aromatic carbocycles. The molecule has 2 unspecified atom stereocenters. The molecule has 0 aliphatic heterocycles. The van der Waals surface area contributed by atoms with E-state index in [1.54, 1.807) is 19.9 Å². The van der Waals surface area contributed by atoms with Crippen LogP contribution in [0.15, 0.2) is 36.4 Å². The molecule has 9 nitrogen and oxygen atoms in total. The van der Waals surface area contributed by atoms with Gasteiger partial charge in [0.2, 0.25) is 5.91 Å². The molecule has 0 radical (unpaired) electrons. The monoisotopic (exact) mass is 570 g/mol. The number of fused-ring (bicyclic) bond motifs is 3. The van der Waals surface area contributed by atoms with Gasteiger partial charge in [-0.05, 0) is 53.0 Å². The van der Waals surface area contributed by atoms with E-state index in [0.29, 0.717) is 25.1 Å². The van der Waals surface area contributed by atoms with Gasteiger partial charge in [0.1, 0.15) is 5.75 Å². The number of terminal acetylenes is 1. The lowest BCUT2D eigenvalue weighted by Gasteiger charge is -2.52. The number of carbonyl (C=O) groups is 5. The largest absolute Gasteiger partial charge is 0.507 e. The lowest BCUT2D eigenvalue weighted by molar-refractivity contribution is -0.182. The zero-order valence-corrected chi connectivity index (χ0v) is 23.6. The Bertz CT molecular complexity index is 1540. The van der Waals surface area contributed by atoms with E-state index in [2.05, 4.69) is 11.2 Å². The molecule has 0 bridgehead atoms. The van der Waals surface area contributed by atoms with Crippen LogP contribution < -0.4 is 11.1 Å². The van der Waals surface area contributed by atoms with Gasteiger partial charge in [0.05, 0.1) is 11.5 Å². The summed E-state index contributed by atoms with van der Waals surface area (Å²) in [5.41, 5.74) is 5.81. The average Bonchev–Trinajstić information content (AvgIpc) is 2.93. The first kappa shape index (κ1) is 29.4. The number of hydrogen-bond donors (Lipinski definition) is 4. The molecular weight excluding hydrogens is 536 g/mol. The predicted octanol–water partition coefficient (Wildman–Crippen LogP) is 1.99. The Morgan fingerprint density at radius 2 is 1.81 bits per heavy atom. The average molecular weight is 571 g/mol. The summed E-state index contributed by atoms with van der Waals surface area (Å²) in [4.78, 5) is 66.7. The fourth-order valence-electron chi connectivity index (χ4n) is 7.32. The summed E-state index contributed by atoms with van der Waals surface area (Å²) < 4.78 is 0.